The number of nitrogens with one attached hydrogen (secondary N) is 1. The number of carbonyl (C=O) groups is 1. The fourth-order valence-corrected chi connectivity index (χ4v) is 2.22. The van der Waals surface area contributed by atoms with Gasteiger partial charge in [0.15, 0.2) is 0 Å². The van der Waals surface area contributed by atoms with Gasteiger partial charge < -0.3 is 10.2 Å². The average molecular weight is 288 g/mol. The van der Waals surface area contributed by atoms with E-state index in [0.29, 0.717) is 13.1 Å². The molecule has 2 rings (SSSR count). The number of anilines is 1. The van der Waals surface area contributed by atoms with Gasteiger partial charge in [0.05, 0.1) is 0 Å². The molecule has 1 amide bonds. The van der Waals surface area contributed by atoms with Crippen LogP contribution in [0.3, 0.4) is 0 Å². The third-order valence-electron chi connectivity index (χ3n) is 3.08. The molecule has 110 valence electrons. The monoisotopic (exact) mass is 288 g/mol. The molecule has 0 bridgehead atoms. The topological polar surface area (TPSA) is 58.1 Å². The molecule has 1 fully saturated rings. The second-order valence-electron chi connectivity index (χ2n) is 4.91. The van der Waals surface area contributed by atoms with Crippen molar-refractivity contribution in [2.45, 2.75) is 26.1 Å². The Balaban J connectivity index is 2.36. The highest BCUT2D eigenvalue weighted by molar-refractivity contribution is 5.86. The summed E-state index contributed by atoms with van der Waals surface area (Å²) in [5.74, 6) is -0.339. The maximum absolute atomic E-state index is 12.7. The van der Waals surface area contributed by atoms with E-state index in [9.17, 15) is 18.0 Å². The van der Waals surface area contributed by atoms with Crippen LogP contribution in [-0.2, 0) is 11.0 Å². The van der Waals surface area contributed by atoms with E-state index in [1.54, 1.807) is 0 Å². The Kier molecular flexibility index (Phi) is 3.82. The molecule has 1 aromatic rings. The molecule has 1 aliphatic heterocycles. The summed E-state index contributed by atoms with van der Waals surface area (Å²) in [7, 11) is 0. The van der Waals surface area contributed by atoms with Gasteiger partial charge in [-0.3, -0.25) is 4.79 Å². The molecule has 0 aromatic carbocycles. The predicted octanol–water partition coefficient (Wildman–Crippen LogP) is 1.46. The molecule has 1 atom stereocenters. The summed E-state index contributed by atoms with van der Waals surface area (Å²) in [6, 6.07) is 0.255. The molecule has 1 aliphatic rings. The van der Waals surface area contributed by atoms with E-state index in [4.69, 9.17) is 0 Å². The number of alkyl halides is 3. The van der Waals surface area contributed by atoms with E-state index in [-0.39, 0.29) is 17.8 Å². The van der Waals surface area contributed by atoms with Crippen molar-refractivity contribution in [1.82, 2.24) is 15.3 Å². The van der Waals surface area contributed by atoms with Gasteiger partial charge in [-0.15, -0.1) is 0 Å². The average Bonchev–Trinajstić information content (AvgIpc) is 2.37. The number of piperazine rings is 1. The first-order valence-corrected chi connectivity index (χ1v) is 6.25. The Morgan fingerprint density at radius 2 is 2.15 bits per heavy atom. The molecule has 0 saturated carbocycles. The van der Waals surface area contributed by atoms with Crippen LogP contribution in [0.1, 0.15) is 19.5 Å². The fraction of sp³-hybridized carbons (Fsp3) is 0.583. The van der Waals surface area contributed by atoms with Crippen LogP contribution in [0.5, 0.6) is 0 Å². The minimum atomic E-state index is -4.52. The van der Waals surface area contributed by atoms with E-state index < -0.39 is 17.9 Å². The molecule has 5 nitrogen and oxygen atoms in total. The molecule has 1 N–H and O–H groups in total. The first-order valence-electron chi connectivity index (χ1n) is 6.25. The standard InChI is InChI=1S/C12H15F3N4O/c1-7(2)9-10(20)16-5-6-19(9)11-17-4-3-8(18-11)12(13,14)15/h3-4,7,9H,5-6H2,1-2H3,(H,16,20). The predicted molar refractivity (Wildman–Crippen MR) is 66.0 cm³/mol. The van der Waals surface area contributed by atoms with E-state index in [0.717, 1.165) is 12.3 Å². The number of carbonyl (C=O) groups excluding carboxylic acids is 1. The lowest BCUT2D eigenvalue weighted by molar-refractivity contribution is -0.141. The van der Waals surface area contributed by atoms with Gasteiger partial charge in [0.25, 0.3) is 0 Å². The number of hydrogen-bond acceptors (Lipinski definition) is 4. The van der Waals surface area contributed by atoms with Crippen molar-refractivity contribution in [1.29, 1.82) is 0 Å². The van der Waals surface area contributed by atoms with Crippen LogP contribution >= 0.6 is 0 Å². The van der Waals surface area contributed by atoms with Crippen LogP contribution in [0.2, 0.25) is 0 Å². The molecule has 1 saturated heterocycles. The highest BCUT2D eigenvalue weighted by atomic mass is 19.4. The Bertz CT molecular complexity index is 504. The molecular weight excluding hydrogens is 273 g/mol. The number of amides is 1. The smallest absolute Gasteiger partial charge is 0.353 e. The van der Waals surface area contributed by atoms with Gasteiger partial charge in [0, 0.05) is 19.3 Å². The highest BCUT2D eigenvalue weighted by Crippen LogP contribution is 2.29. The summed E-state index contributed by atoms with van der Waals surface area (Å²) in [5, 5.41) is 2.70. The van der Waals surface area contributed by atoms with Gasteiger partial charge in [-0.05, 0) is 12.0 Å². The van der Waals surface area contributed by atoms with Crippen molar-refractivity contribution >= 4 is 11.9 Å². The summed E-state index contributed by atoms with van der Waals surface area (Å²) >= 11 is 0. The number of halogens is 3. The zero-order valence-electron chi connectivity index (χ0n) is 11.1. The molecule has 0 spiro atoms. The van der Waals surface area contributed by atoms with Crippen molar-refractivity contribution in [3.05, 3.63) is 18.0 Å². The van der Waals surface area contributed by atoms with E-state index >= 15 is 0 Å². The molecular formula is C12H15F3N4O. The van der Waals surface area contributed by atoms with Crippen molar-refractivity contribution in [2.24, 2.45) is 5.92 Å². The van der Waals surface area contributed by atoms with E-state index in [2.05, 4.69) is 15.3 Å². The van der Waals surface area contributed by atoms with E-state index in [1.807, 2.05) is 13.8 Å². The molecule has 0 aliphatic carbocycles. The second kappa shape index (κ2) is 5.26. The SMILES string of the molecule is CC(C)C1C(=O)NCCN1c1nccc(C(F)(F)F)n1. The van der Waals surface area contributed by atoms with Crippen molar-refractivity contribution in [3.63, 3.8) is 0 Å². The number of aromatic nitrogens is 2. The lowest BCUT2D eigenvalue weighted by Gasteiger charge is -2.37. The molecule has 8 heteroatoms. The lowest BCUT2D eigenvalue weighted by Crippen LogP contribution is -2.58. The maximum Gasteiger partial charge on any atom is 0.433 e. The summed E-state index contributed by atoms with van der Waals surface area (Å²) in [6.45, 7) is 4.41. The molecule has 1 unspecified atom stereocenters. The third-order valence-corrected chi connectivity index (χ3v) is 3.08. The summed E-state index contributed by atoms with van der Waals surface area (Å²) < 4.78 is 38.0. The summed E-state index contributed by atoms with van der Waals surface area (Å²) in [5.41, 5.74) is -1.00. The molecule has 0 radical (unpaired) electrons. The highest BCUT2D eigenvalue weighted by Gasteiger charge is 2.36. The molecule has 1 aromatic heterocycles. The number of nitrogens with zero attached hydrogens (tertiary/aromatic N) is 3. The summed E-state index contributed by atoms with van der Waals surface area (Å²) in [4.78, 5) is 20.8. The lowest BCUT2D eigenvalue weighted by atomic mass is 10.00. The van der Waals surface area contributed by atoms with Gasteiger partial charge in [-0.2, -0.15) is 13.2 Å². The zero-order valence-corrected chi connectivity index (χ0v) is 11.1. The third kappa shape index (κ3) is 2.83. The number of rotatable bonds is 2. The zero-order chi connectivity index (χ0) is 14.9. The van der Waals surface area contributed by atoms with Gasteiger partial charge >= 0.3 is 6.18 Å². The molecule has 20 heavy (non-hydrogen) atoms. The first kappa shape index (κ1) is 14.5. The normalized spacial score (nSPS) is 20.2. The van der Waals surface area contributed by atoms with Crippen LogP contribution in [-0.4, -0.2) is 35.0 Å². The maximum atomic E-state index is 12.7. The largest absolute Gasteiger partial charge is 0.433 e. The van der Waals surface area contributed by atoms with Crippen LogP contribution in [0.4, 0.5) is 19.1 Å². The van der Waals surface area contributed by atoms with Crippen LogP contribution < -0.4 is 10.2 Å². The van der Waals surface area contributed by atoms with Gasteiger partial charge in [0.1, 0.15) is 11.7 Å². The van der Waals surface area contributed by atoms with Crippen molar-refractivity contribution in [3.8, 4) is 0 Å². The minimum absolute atomic E-state index is 0.0616. The van der Waals surface area contributed by atoms with Crippen LogP contribution in [0.25, 0.3) is 0 Å². The fourth-order valence-electron chi connectivity index (χ4n) is 2.22. The van der Waals surface area contributed by atoms with Crippen molar-refractivity contribution < 1.29 is 18.0 Å². The van der Waals surface area contributed by atoms with Crippen LogP contribution in [0, 0.1) is 5.92 Å². The Morgan fingerprint density at radius 3 is 2.75 bits per heavy atom. The Labute approximate surface area is 114 Å². The Hall–Kier alpha value is -1.86. The van der Waals surface area contributed by atoms with Gasteiger partial charge in [-0.25, -0.2) is 9.97 Å². The van der Waals surface area contributed by atoms with Gasteiger partial charge in [-0.1, -0.05) is 13.8 Å². The van der Waals surface area contributed by atoms with Gasteiger partial charge in [0.2, 0.25) is 11.9 Å². The quantitative estimate of drug-likeness (QED) is 0.895. The van der Waals surface area contributed by atoms with E-state index in [1.165, 1.54) is 4.90 Å². The number of hydrogen-bond donors (Lipinski definition) is 1. The summed E-state index contributed by atoms with van der Waals surface area (Å²) in [6.07, 6.45) is -3.46. The second-order valence-corrected chi connectivity index (χ2v) is 4.91. The van der Waals surface area contributed by atoms with Crippen LogP contribution in [0.15, 0.2) is 12.3 Å². The Morgan fingerprint density at radius 1 is 1.45 bits per heavy atom. The molecule has 2 heterocycles. The minimum Gasteiger partial charge on any atom is -0.353 e. The van der Waals surface area contributed by atoms with Crippen molar-refractivity contribution in [2.75, 3.05) is 18.0 Å². The first-order chi connectivity index (χ1) is 9.30.